The number of hydrogen-bond donors (Lipinski definition) is 0. The molecule has 51 valence electrons. The van der Waals surface area contributed by atoms with E-state index in [9.17, 15) is 0 Å². The van der Waals surface area contributed by atoms with Crippen LogP contribution < -0.4 is 0 Å². The molecule has 1 atom stereocenters. The van der Waals surface area contributed by atoms with Crippen LogP contribution in [0.4, 0.5) is 0 Å². The Morgan fingerprint density at radius 1 is 1.67 bits per heavy atom. The van der Waals surface area contributed by atoms with Crippen molar-refractivity contribution in [3.63, 3.8) is 0 Å². The van der Waals surface area contributed by atoms with Gasteiger partial charge in [0.05, 0.1) is 0 Å². The number of hydrogen-bond acceptors (Lipinski definition) is 0. The van der Waals surface area contributed by atoms with Crippen LogP contribution in [-0.4, -0.2) is 0 Å². The van der Waals surface area contributed by atoms with Gasteiger partial charge in [-0.2, -0.15) is 0 Å². The minimum Gasteiger partial charge on any atom is -0.0732 e. The molecule has 0 N–H and O–H groups in total. The van der Waals surface area contributed by atoms with E-state index >= 15 is 0 Å². The van der Waals surface area contributed by atoms with Gasteiger partial charge in [-0.25, -0.2) is 0 Å². The van der Waals surface area contributed by atoms with Crippen molar-refractivity contribution in [1.29, 1.82) is 0 Å². The van der Waals surface area contributed by atoms with Gasteiger partial charge >= 0.3 is 0 Å². The minimum absolute atomic E-state index is 0.876. The predicted molar refractivity (Wildman–Crippen MR) is 41.1 cm³/mol. The second kappa shape index (κ2) is 2.55. The van der Waals surface area contributed by atoms with Crippen molar-refractivity contribution in [2.24, 2.45) is 5.92 Å². The molecule has 0 nitrogen and oxygen atoms in total. The first-order valence-electron chi connectivity index (χ1n) is 3.72. The number of rotatable bonds is 2. The Balaban J connectivity index is 2.47. The highest BCUT2D eigenvalue weighted by Crippen LogP contribution is 2.36. The zero-order valence-electron chi connectivity index (χ0n) is 6.57. The highest BCUT2D eigenvalue weighted by molar-refractivity contribution is 5.26. The molecule has 0 amide bonds. The summed E-state index contributed by atoms with van der Waals surface area (Å²) >= 11 is 0. The van der Waals surface area contributed by atoms with Crippen molar-refractivity contribution in [2.75, 3.05) is 0 Å². The van der Waals surface area contributed by atoms with E-state index in [0.29, 0.717) is 0 Å². The van der Waals surface area contributed by atoms with E-state index in [0.717, 1.165) is 5.92 Å². The smallest absolute Gasteiger partial charge is 0.0192 e. The molecule has 0 heteroatoms. The van der Waals surface area contributed by atoms with E-state index in [1.807, 2.05) is 0 Å². The molecule has 0 heterocycles. The Morgan fingerprint density at radius 2 is 2.33 bits per heavy atom. The lowest BCUT2D eigenvalue weighted by atomic mass is 9.77. The molecule has 0 aromatic heterocycles. The largest absolute Gasteiger partial charge is 0.0732 e. The standard InChI is InChI=1S/C9H15/c1-4-5-9-7(2)6-8(9)3/h4,7H,5-6H2,1-3H3. The molecule has 0 aromatic carbocycles. The molecule has 1 rings (SSSR count). The minimum atomic E-state index is 0.876. The Kier molecular flexibility index (Phi) is 1.94. The molecule has 0 fully saturated rings. The van der Waals surface area contributed by atoms with Gasteiger partial charge in [0.15, 0.2) is 0 Å². The molecular formula is C9H15. The Morgan fingerprint density at radius 3 is 2.56 bits per heavy atom. The average Bonchev–Trinajstić information content (AvgIpc) is 1.84. The van der Waals surface area contributed by atoms with E-state index in [4.69, 9.17) is 0 Å². The fourth-order valence-electron chi connectivity index (χ4n) is 1.60. The molecule has 0 bridgehead atoms. The molecule has 0 aliphatic heterocycles. The second-order valence-electron chi connectivity index (χ2n) is 3.02. The molecule has 0 saturated carbocycles. The van der Waals surface area contributed by atoms with Crippen LogP contribution in [0.5, 0.6) is 0 Å². The van der Waals surface area contributed by atoms with Gasteiger partial charge in [0, 0.05) is 0 Å². The summed E-state index contributed by atoms with van der Waals surface area (Å²) in [4.78, 5) is 0. The van der Waals surface area contributed by atoms with Crippen molar-refractivity contribution in [3.05, 3.63) is 17.6 Å². The first kappa shape index (κ1) is 6.85. The fraction of sp³-hybridized carbons (Fsp3) is 0.667. The first-order valence-corrected chi connectivity index (χ1v) is 3.72. The highest BCUT2D eigenvalue weighted by atomic mass is 14.3. The quantitative estimate of drug-likeness (QED) is 0.495. The van der Waals surface area contributed by atoms with Gasteiger partial charge in [-0.05, 0) is 32.1 Å². The third-order valence-electron chi connectivity index (χ3n) is 2.18. The SMILES string of the molecule is C[CH]CC1=C(C)CC1C. The lowest BCUT2D eigenvalue weighted by Gasteiger charge is -2.28. The van der Waals surface area contributed by atoms with E-state index in [1.165, 1.54) is 12.8 Å². The molecule has 1 radical (unpaired) electrons. The van der Waals surface area contributed by atoms with Crippen LogP contribution in [0.15, 0.2) is 11.1 Å². The Hall–Kier alpha value is -0.260. The Bertz CT molecular complexity index is 131. The fourth-order valence-corrected chi connectivity index (χ4v) is 1.60. The van der Waals surface area contributed by atoms with Crippen LogP contribution in [0.2, 0.25) is 0 Å². The summed E-state index contributed by atoms with van der Waals surface area (Å²) in [6, 6.07) is 0. The van der Waals surface area contributed by atoms with Crippen molar-refractivity contribution >= 4 is 0 Å². The zero-order valence-corrected chi connectivity index (χ0v) is 6.57. The van der Waals surface area contributed by atoms with Crippen molar-refractivity contribution in [3.8, 4) is 0 Å². The van der Waals surface area contributed by atoms with Crippen molar-refractivity contribution in [1.82, 2.24) is 0 Å². The monoisotopic (exact) mass is 123 g/mol. The second-order valence-corrected chi connectivity index (χ2v) is 3.02. The Labute approximate surface area is 58.0 Å². The van der Waals surface area contributed by atoms with E-state index in [-0.39, 0.29) is 0 Å². The molecule has 0 spiro atoms. The normalized spacial score (nSPS) is 26.3. The van der Waals surface area contributed by atoms with Gasteiger partial charge < -0.3 is 0 Å². The van der Waals surface area contributed by atoms with Crippen molar-refractivity contribution < 1.29 is 0 Å². The summed E-state index contributed by atoms with van der Waals surface area (Å²) in [5.74, 6) is 0.876. The third-order valence-corrected chi connectivity index (χ3v) is 2.18. The van der Waals surface area contributed by atoms with Gasteiger partial charge in [0.25, 0.3) is 0 Å². The molecule has 9 heavy (non-hydrogen) atoms. The highest BCUT2D eigenvalue weighted by Gasteiger charge is 2.20. The maximum atomic E-state index is 2.31. The molecular weight excluding hydrogens is 108 g/mol. The molecule has 0 aromatic rings. The summed E-state index contributed by atoms with van der Waals surface area (Å²) in [5.41, 5.74) is 3.30. The van der Waals surface area contributed by atoms with Gasteiger partial charge in [0.2, 0.25) is 0 Å². The maximum Gasteiger partial charge on any atom is -0.0192 e. The van der Waals surface area contributed by atoms with Crippen LogP contribution in [0.3, 0.4) is 0 Å². The van der Waals surface area contributed by atoms with Crippen molar-refractivity contribution in [2.45, 2.75) is 33.6 Å². The van der Waals surface area contributed by atoms with Crippen LogP contribution in [0, 0.1) is 12.3 Å². The van der Waals surface area contributed by atoms with E-state index < -0.39 is 0 Å². The summed E-state index contributed by atoms with van der Waals surface area (Å²) in [7, 11) is 0. The van der Waals surface area contributed by atoms with Crippen LogP contribution >= 0.6 is 0 Å². The summed E-state index contributed by atoms with van der Waals surface area (Å²) < 4.78 is 0. The van der Waals surface area contributed by atoms with Crippen LogP contribution in [-0.2, 0) is 0 Å². The summed E-state index contributed by atoms with van der Waals surface area (Å²) in [6.45, 7) is 6.69. The first-order chi connectivity index (χ1) is 4.25. The lowest BCUT2D eigenvalue weighted by Crippen LogP contribution is -2.13. The summed E-state index contributed by atoms with van der Waals surface area (Å²) in [5, 5.41) is 0. The zero-order chi connectivity index (χ0) is 6.85. The van der Waals surface area contributed by atoms with E-state index in [1.54, 1.807) is 11.1 Å². The van der Waals surface area contributed by atoms with Gasteiger partial charge in [0.1, 0.15) is 0 Å². The molecule has 1 aliphatic carbocycles. The number of allylic oxidation sites excluding steroid dienone is 2. The predicted octanol–water partition coefficient (Wildman–Crippen LogP) is 2.96. The van der Waals surface area contributed by atoms with Gasteiger partial charge in [-0.15, -0.1) is 0 Å². The topological polar surface area (TPSA) is 0 Å². The molecule has 0 saturated heterocycles. The van der Waals surface area contributed by atoms with Gasteiger partial charge in [-0.1, -0.05) is 25.0 Å². The average molecular weight is 123 g/mol. The summed E-state index contributed by atoms with van der Waals surface area (Å²) in [6.07, 6.45) is 4.80. The van der Waals surface area contributed by atoms with E-state index in [2.05, 4.69) is 27.2 Å². The lowest BCUT2D eigenvalue weighted by molar-refractivity contribution is 0.563. The van der Waals surface area contributed by atoms with Crippen LogP contribution in [0.25, 0.3) is 0 Å². The molecule has 1 aliphatic rings. The van der Waals surface area contributed by atoms with Crippen LogP contribution in [0.1, 0.15) is 33.6 Å². The van der Waals surface area contributed by atoms with Gasteiger partial charge in [-0.3, -0.25) is 0 Å². The third kappa shape index (κ3) is 1.17. The maximum absolute atomic E-state index is 2.31. The molecule has 1 unspecified atom stereocenters.